The summed E-state index contributed by atoms with van der Waals surface area (Å²) in [5, 5.41) is 19.2. The van der Waals surface area contributed by atoms with Gasteiger partial charge in [0.1, 0.15) is 0 Å². The number of aliphatic carboxylic acids is 1. The molecule has 0 saturated carbocycles. The number of rotatable bonds is 12. The number of ether oxygens (including phenoxy) is 2. The Balaban J connectivity index is 4.24. The summed E-state index contributed by atoms with van der Waals surface area (Å²) in [6.45, 7) is 7.24. The molecule has 0 aromatic carbocycles. The first kappa shape index (κ1) is 19.4. The van der Waals surface area contributed by atoms with E-state index in [0.717, 1.165) is 19.3 Å². The average Bonchev–Trinajstić information content (AvgIpc) is 2.37. The van der Waals surface area contributed by atoms with Gasteiger partial charge in [0, 0.05) is 6.61 Å². The molecule has 0 bridgehead atoms. The molecule has 20 heavy (non-hydrogen) atoms. The third-order valence-electron chi connectivity index (χ3n) is 3.60. The molecule has 0 heterocycles. The first-order valence-electron chi connectivity index (χ1n) is 7.55. The third-order valence-corrected chi connectivity index (χ3v) is 3.60. The summed E-state index contributed by atoms with van der Waals surface area (Å²) in [5.41, 5.74) is -2.08. The van der Waals surface area contributed by atoms with Crippen molar-refractivity contribution in [1.29, 1.82) is 0 Å². The molecule has 0 saturated heterocycles. The molecule has 0 aliphatic heterocycles. The molecule has 0 fully saturated rings. The highest BCUT2D eigenvalue weighted by atomic mass is 16.7. The molecular formula is C15H30O5. The van der Waals surface area contributed by atoms with Crippen molar-refractivity contribution in [1.82, 2.24) is 0 Å². The zero-order chi connectivity index (χ0) is 15.6. The number of hydrogen-bond acceptors (Lipinski definition) is 4. The minimum absolute atomic E-state index is 0.274. The van der Waals surface area contributed by atoms with E-state index in [1.807, 2.05) is 0 Å². The monoisotopic (exact) mass is 290 g/mol. The molecule has 5 heteroatoms. The van der Waals surface area contributed by atoms with Crippen molar-refractivity contribution in [2.24, 2.45) is 0 Å². The molecule has 0 rings (SSSR count). The molecule has 0 aromatic rings. The first-order chi connectivity index (χ1) is 9.31. The van der Waals surface area contributed by atoms with Crippen LogP contribution in [0.15, 0.2) is 0 Å². The molecule has 2 N–H and O–H groups in total. The number of carboxylic acids is 1. The van der Waals surface area contributed by atoms with Gasteiger partial charge >= 0.3 is 5.97 Å². The van der Waals surface area contributed by atoms with Crippen LogP contribution in [0.4, 0.5) is 0 Å². The fraction of sp³-hybridized carbons (Fsp3) is 0.933. The lowest BCUT2D eigenvalue weighted by Gasteiger charge is -2.38. The van der Waals surface area contributed by atoms with Crippen molar-refractivity contribution >= 4 is 5.97 Å². The number of carboxylic acid groups (broad SMARTS) is 1. The van der Waals surface area contributed by atoms with Crippen molar-refractivity contribution in [3.8, 4) is 0 Å². The normalized spacial score (nSPS) is 17.4. The van der Waals surface area contributed by atoms with E-state index < -0.39 is 17.4 Å². The lowest BCUT2D eigenvalue weighted by Crippen LogP contribution is -2.58. The summed E-state index contributed by atoms with van der Waals surface area (Å²) >= 11 is 0. The maximum Gasteiger partial charge on any atom is 0.341 e. The van der Waals surface area contributed by atoms with Crippen LogP contribution in [-0.2, 0) is 14.3 Å². The highest BCUT2D eigenvalue weighted by Crippen LogP contribution is 2.28. The summed E-state index contributed by atoms with van der Waals surface area (Å²) in [5.74, 6) is -2.88. The van der Waals surface area contributed by atoms with Crippen molar-refractivity contribution in [2.45, 2.75) is 77.6 Å². The minimum atomic E-state index is -2.08. The van der Waals surface area contributed by atoms with E-state index in [2.05, 4.69) is 6.92 Å². The summed E-state index contributed by atoms with van der Waals surface area (Å²) in [4.78, 5) is 11.1. The fourth-order valence-corrected chi connectivity index (χ4v) is 1.94. The van der Waals surface area contributed by atoms with E-state index in [-0.39, 0.29) is 6.61 Å². The number of carbonyl (C=O) groups is 1. The molecule has 0 radical (unpaired) electrons. The second-order valence-electron chi connectivity index (χ2n) is 5.37. The quantitative estimate of drug-likeness (QED) is 0.427. The highest BCUT2D eigenvalue weighted by Gasteiger charge is 2.51. The van der Waals surface area contributed by atoms with Gasteiger partial charge in [-0.3, -0.25) is 0 Å². The van der Waals surface area contributed by atoms with Crippen LogP contribution in [0.1, 0.15) is 66.2 Å². The van der Waals surface area contributed by atoms with Gasteiger partial charge in [-0.2, -0.15) is 0 Å². The molecule has 5 nitrogen and oxygen atoms in total. The second kappa shape index (κ2) is 9.32. The molecule has 0 spiro atoms. The predicted octanol–water partition coefficient (Wildman–Crippen LogP) is 2.95. The van der Waals surface area contributed by atoms with Gasteiger partial charge in [0.15, 0.2) is 0 Å². The van der Waals surface area contributed by atoms with E-state index in [0.29, 0.717) is 6.61 Å². The maximum absolute atomic E-state index is 11.1. The van der Waals surface area contributed by atoms with Crippen molar-refractivity contribution in [2.75, 3.05) is 13.2 Å². The van der Waals surface area contributed by atoms with Crippen molar-refractivity contribution < 1.29 is 24.5 Å². The molecular weight excluding hydrogens is 260 g/mol. The Bertz CT molecular complexity index is 277. The Morgan fingerprint density at radius 3 is 2.05 bits per heavy atom. The topological polar surface area (TPSA) is 76.0 Å². The van der Waals surface area contributed by atoms with Gasteiger partial charge in [0.2, 0.25) is 11.4 Å². The van der Waals surface area contributed by atoms with E-state index in [1.54, 1.807) is 6.92 Å². The minimum Gasteiger partial charge on any atom is -0.479 e. The maximum atomic E-state index is 11.1. The Morgan fingerprint density at radius 1 is 1.00 bits per heavy atom. The molecule has 0 aliphatic rings. The Morgan fingerprint density at radius 2 is 1.55 bits per heavy atom. The third kappa shape index (κ3) is 5.77. The van der Waals surface area contributed by atoms with Crippen LogP contribution in [0.25, 0.3) is 0 Å². The zero-order valence-corrected chi connectivity index (χ0v) is 13.3. The summed E-state index contributed by atoms with van der Waals surface area (Å²) in [6.07, 6.45) is 6.69. The SMILES string of the molecule is CCCCCCCCOC(C)(OCC)C(C)(O)C(=O)O. The lowest BCUT2D eigenvalue weighted by molar-refractivity contribution is -0.301. The molecule has 120 valence electrons. The van der Waals surface area contributed by atoms with Gasteiger partial charge in [-0.25, -0.2) is 4.79 Å². The van der Waals surface area contributed by atoms with E-state index in [9.17, 15) is 9.90 Å². The van der Waals surface area contributed by atoms with Gasteiger partial charge in [0.05, 0.1) is 6.61 Å². The molecule has 0 aromatic heterocycles. The highest BCUT2D eigenvalue weighted by molar-refractivity contribution is 5.78. The molecule has 0 amide bonds. The zero-order valence-electron chi connectivity index (χ0n) is 13.3. The van der Waals surface area contributed by atoms with E-state index in [4.69, 9.17) is 14.6 Å². The van der Waals surface area contributed by atoms with Gasteiger partial charge in [-0.1, -0.05) is 39.0 Å². The van der Waals surface area contributed by atoms with Crippen LogP contribution in [0.5, 0.6) is 0 Å². The van der Waals surface area contributed by atoms with E-state index >= 15 is 0 Å². The van der Waals surface area contributed by atoms with Gasteiger partial charge in [-0.05, 0) is 27.2 Å². The molecule has 2 unspecified atom stereocenters. The molecule has 0 aliphatic carbocycles. The Kier molecular flexibility index (Phi) is 9.01. The van der Waals surface area contributed by atoms with Crippen LogP contribution < -0.4 is 0 Å². The number of unbranched alkanes of at least 4 members (excludes halogenated alkanes) is 5. The van der Waals surface area contributed by atoms with Crippen LogP contribution in [0, 0.1) is 0 Å². The van der Waals surface area contributed by atoms with Gasteiger partial charge < -0.3 is 19.7 Å². The summed E-state index contributed by atoms with van der Waals surface area (Å²) < 4.78 is 10.9. The predicted molar refractivity (Wildman–Crippen MR) is 77.6 cm³/mol. The fourth-order valence-electron chi connectivity index (χ4n) is 1.94. The summed E-state index contributed by atoms with van der Waals surface area (Å²) in [7, 11) is 0. The van der Waals surface area contributed by atoms with Crippen LogP contribution in [0.2, 0.25) is 0 Å². The van der Waals surface area contributed by atoms with Crippen LogP contribution in [-0.4, -0.2) is 40.8 Å². The van der Waals surface area contributed by atoms with Crippen LogP contribution >= 0.6 is 0 Å². The Hall–Kier alpha value is -0.650. The lowest BCUT2D eigenvalue weighted by atomic mass is 9.96. The van der Waals surface area contributed by atoms with Crippen LogP contribution in [0.3, 0.4) is 0 Å². The first-order valence-corrected chi connectivity index (χ1v) is 7.55. The smallest absolute Gasteiger partial charge is 0.341 e. The second-order valence-corrected chi connectivity index (χ2v) is 5.37. The van der Waals surface area contributed by atoms with Gasteiger partial charge in [-0.15, -0.1) is 0 Å². The van der Waals surface area contributed by atoms with Gasteiger partial charge in [0.25, 0.3) is 0 Å². The standard InChI is InChI=1S/C15H30O5/c1-5-7-8-9-10-11-12-20-15(4,19-6-2)14(3,18)13(16)17/h18H,5-12H2,1-4H3,(H,16,17). The van der Waals surface area contributed by atoms with Crippen molar-refractivity contribution in [3.05, 3.63) is 0 Å². The number of hydrogen-bond donors (Lipinski definition) is 2. The van der Waals surface area contributed by atoms with Crippen molar-refractivity contribution in [3.63, 3.8) is 0 Å². The number of aliphatic hydroxyl groups is 1. The molecule has 2 atom stereocenters. The largest absolute Gasteiger partial charge is 0.479 e. The summed E-state index contributed by atoms with van der Waals surface area (Å²) in [6, 6.07) is 0. The van der Waals surface area contributed by atoms with E-state index in [1.165, 1.54) is 33.1 Å². The average molecular weight is 290 g/mol. The Labute approximate surface area is 122 Å².